The molecule has 0 saturated heterocycles. The quantitative estimate of drug-likeness (QED) is 0.810. The summed E-state index contributed by atoms with van der Waals surface area (Å²) in [6.07, 6.45) is 0. The maximum Gasteiger partial charge on any atom is 0.326 e. The van der Waals surface area contributed by atoms with Crippen LogP contribution in [-0.4, -0.2) is 23.1 Å². The number of carbonyl (C=O) groups excluding carboxylic acids is 1. The third-order valence-corrected chi connectivity index (χ3v) is 3.83. The molecule has 2 rings (SSSR count). The van der Waals surface area contributed by atoms with Crippen LogP contribution in [0.15, 0.2) is 29.6 Å². The van der Waals surface area contributed by atoms with Crippen molar-refractivity contribution in [2.75, 3.05) is 5.32 Å². The van der Waals surface area contributed by atoms with Crippen molar-refractivity contribution in [1.29, 1.82) is 0 Å². The third-order valence-electron chi connectivity index (χ3n) is 2.93. The first-order valence-corrected chi connectivity index (χ1v) is 7.13. The van der Waals surface area contributed by atoms with E-state index in [0.717, 1.165) is 10.1 Å². The standard InChI is InChI=1S/C14H16N2O3S/c1-8(2)12(13(17)18)16-14(19)15-10-3-4-11-9(7-10)5-6-20-11/h3-8,12H,1-2H3,(H,17,18)(H2,15,16,19). The maximum absolute atomic E-state index is 11.8. The van der Waals surface area contributed by atoms with Crippen molar-refractivity contribution in [1.82, 2.24) is 5.32 Å². The zero-order chi connectivity index (χ0) is 14.7. The number of fused-ring (bicyclic) bond motifs is 1. The molecule has 0 radical (unpaired) electrons. The van der Waals surface area contributed by atoms with Crippen molar-refractivity contribution in [2.24, 2.45) is 5.92 Å². The van der Waals surface area contributed by atoms with Gasteiger partial charge >= 0.3 is 12.0 Å². The van der Waals surface area contributed by atoms with Crippen LogP contribution in [0, 0.1) is 5.92 Å². The molecule has 0 aliphatic carbocycles. The lowest BCUT2D eigenvalue weighted by molar-refractivity contribution is -0.140. The summed E-state index contributed by atoms with van der Waals surface area (Å²) in [6, 6.07) is 6.13. The predicted molar refractivity (Wildman–Crippen MR) is 80.2 cm³/mol. The highest BCUT2D eigenvalue weighted by Crippen LogP contribution is 2.23. The van der Waals surface area contributed by atoms with Crippen molar-refractivity contribution in [3.63, 3.8) is 0 Å². The van der Waals surface area contributed by atoms with Crippen molar-refractivity contribution in [3.05, 3.63) is 29.6 Å². The van der Waals surface area contributed by atoms with Crippen LogP contribution in [-0.2, 0) is 4.79 Å². The topological polar surface area (TPSA) is 78.4 Å². The number of hydrogen-bond donors (Lipinski definition) is 3. The van der Waals surface area contributed by atoms with Gasteiger partial charge in [0.25, 0.3) is 0 Å². The van der Waals surface area contributed by atoms with E-state index in [9.17, 15) is 9.59 Å². The minimum absolute atomic E-state index is 0.183. The van der Waals surface area contributed by atoms with E-state index in [0.29, 0.717) is 5.69 Å². The summed E-state index contributed by atoms with van der Waals surface area (Å²) >= 11 is 1.63. The van der Waals surface area contributed by atoms with Gasteiger partial charge in [-0.2, -0.15) is 0 Å². The summed E-state index contributed by atoms with van der Waals surface area (Å²) in [5.41, 5.74) is 0.640. The van der Waals surface area contributed by atoms with Crippen LogP contribution in [0.2, 0.25) is 0 Å². The molecule has 1 aromatic carbocycles. The van der Waals surface area contributed by atoms with Crippen LogP contribution in [0.25, 0.3) is 10.1 Å². The lowest BCUT2D eigenvalue weighted by atomic mass is 10.1. The van der Waals surface area contributed by atoms with Crippen molar-refractivity contribution in [2.45, 2.75) is 19.9 Å². The van der Waals surface area contributed by atoms with Crippen LogP contribution < -0.4 is 10.6 Å². The van der Waals surface area contributed by atoms with Crippen molar-refractivity contribution in [3.8, 4) is 0 Å². The minimum Gasteiger partial charge on any atom is -0.480 e. The number of carbonyl (C=O) groups is 2. The number of thiophene rings is 1. The number of urea groups is 1. The molecule has 2 amide bonds. The second kappa shape index (κ2) is 5.92. The minimum atomic E-state index is -1.04. The largest absolute Gasteiger partial charge is 0.480 e. The van der Waals surface area contributed by atoms with Gasteiger partial charge in [-0.1, -0.05) is 13.8 Å². The number of benzene rings is 1. The number of rotatable bonds is 4. The maximum atomic E-state index is 11.8. The highest BCUT2D eigenvalue weighted by atomic mass is 32.1. The molecule has 0 bridgehead atoms. The molecule has 0 aliphatic rings. The van der Waals surface area contributed by atoms with Gasteiger partial charge < -0.3 is 15.7 Å². The van der Waals surface area contributed by atoms with E-state index in [1.165, 1.54) is 0 Å². The Hall–Kier alpha value is -2.08. The first-order valence-electron chi connectivity index (χ1n) is 6.25. The lowest BCUT2D eigenvalue weighted by Gasteiger charge is -2.18. The summed E-state index contributed by atoms with van der Waals surface area (Å²) in [6.45, 7) is 3.49. The van der Waals surface area contributed by atoms with E-state index in [-0.39, 0.29) is 5.92 Å². The Morgan fingerprint density at radius 3 is 2.65 bits per heavy atom. The highest BCUT2D eigenvalue weighted by molar-refractivity contribution is 7.17. The smallest absolute Gasteiger partial charge is 0.326 e. The fourth-order valence-corrected chi connectivity index (χ4v) is 2.64. The van der Waals surface area contributed by atoms with Crippen LogP contribution in [0.4, 0.5) is 10.5 Å². The molecule has 0 fully saturated rings. The molecule has 3 N–H and O–H groups in total. The summed E-state index contributed by atoms with van der Waals surface area (Å²) in [5, 5.41) is 17.2. The van der Waals surface area contributed by atoms with Gasteiger partial charge in [0.05, 0.1) is 0 Å². The first-order chi connectivity index (χ1) is 9.47. The number of hydrogen-bond acceptors (Lipinski definition) is 3. The Morgan fingerprint density at radius 1 is 1.25 bits per heavy atom. The average Bonchev–Trinajstić information content (AvgIpc) is 2.82. The lowest BCUT2D eigenvalue weighted by Crippen LogP contribution is -2.46. The molecule has 1 unspecified atom stereocenters. The number of nitrogens with one attached hydrogen (secondary N) is 2. The summed E-state index contributed by atoms with van der Waals surface area (Å²) < 4.78 is 1.14. The van der Waals surface area contributed by atoms with Crippen molar-refractivity contribution < 1.29 is 14.7 Å². The zero-order valence-corrected chi connectivity index (χ0v) is 12.0. The number of carboxylic acid groups (broad SMARTS) is 1. The van der Waals surface area contributed by atoms with E-state index in [2.05, 4.69) is 10.6 Å². The van der Waals surface area contributed by atoms with Gasteiger partial charge in [0.1, 0.15) is 6.04 Å². The Morgan fingerprint density at radius 2 is 2.00 bits per heavy atom. The SMILES string of the molecule is CC(C)C(NC(=O)Nc1ccc2sccc2c1)C(=O)O. The molecular formula is C14H16N2O3S. The van der Waals surface area contributed by atoms with E-state index < -0.39 is 18.0 Å². The van der Waals surface area contributed by atoms with E-state index in [4.69, 9.17) is 5.11 Å². The Kier molecular flexibility index (Phi) is 4.24. The number of amides is 2. The van der Waals surface area contributed by atoms with Crippen LogP contribution in [0.3, 0.4) is 0 Å². The first kappa shape index (κ1) is 14.3. The molecule has 2 aromatic rings. The molecule has 0 spiro atoms. The molecule has 0 aliphatic heterocycles. The fraction of sp³-hybridized carbons (Fsp3) is 0.286. The number of anilines is 1. The zero-order valence-electron chi connectivity index (χ0n) is 11.2. The van der Waals surface area contributed by atoms with Gasteiger partial charge in [-0.25, -0.2) is 9.59 Å². The molecule has 1 atom stereocenters. The van der Waals surface area contributed by atoms with Crippen LogP contribution in [0.5, 0.6) is 0 Å². The Labute approximate surface area is 120 Å². The molecule has 0 saturated carbocycles. The van der Waals surface area contributed by atoms with Gasteiger partial charge in [0.15, 0.2) is 0 Å². The molecular weight excluding hydrogens is 276 g/mol. The second-order valence-electron chi connectivity index (χ2n) is 4.83. The van der Waals surface area contributed by atoms with E-state index >= 15 is 0 Å². The highest BCUT2D eigenvalue weighted by Gasteiger charge is 2.23. The van der Waals surface area contributed by atoms with Gasteiger partial charge in [-0.3, -0.25) is 0 Å². The van der Waals surface area contributed by atoms with Gasteiger partial charge in [-0.15, -0.1) is 11.3 Å². The van der Waals surface area contributed by atoms with Gasteiger partial charge in [0.2, 0.25) is 0 Å². The Bertz CT molecular complexity index is 636. The number of carboxylic acids is 1. The molecule has 1 heterocycles. The second-order valence-corrected chi connectivity index (χ2v) is 5.78. The summed E-state index contributed by atoms with van der Waals surface area (Å²) in [4.78, 5) is 22.9. The Balaban J connectivity index is 2.05. The van der Waals surface area contributed by atoms with E-state index in [1.54, 1.807) is 31.3 Å². The van der Waals surface area contributed by atoms with Gasteiger partial charge in [-0.05, 0) is 40.9 Å². The molecule has 106 valence electrons. The predicted octanol–water partition coefficient (Wildman–Crippen LogP) is 3.13. The third kappa shape index (κ3) is 3.27. The van der Waals surface area contributed by atoms with Crippen LogP contribution in [0.1, 0.15) is 13.8 Å². The van der Waals surface area contributed by atoms with E-state index in [1.807, 2.05) is 23.6 Å². The van der Waals surface area contributed by atoms with Crippen molar-refractivity contribution >= 4 is 39.1 Å². The average molecular weight is 292 g/mol. The summed E-state index contributed by atoms with van der Waals surface area (Å²) in [5.74, 6) is -1.22. The summed E-state index contributed by atoms with van der Waals surface area (Å²) in [7, 11) is 0. The van der Waals surface area contributed by atoms with Crippen LogP contribution >= 0.6 is 11.3 Å². The molecule has 1 aromatic heterocycles. The molecule has 20 heavy (non-hydrogen) atoms. The molecule has 5 nitrogen and oxygen atoms in total. The normalized spacial score (nSPS) is 12.3. The molecule has 6 heteroatoms. The number of aliphatic carboxylic acids is 1. The fourth-order valence-electron chi connectivity index (χ4n) is 1.87. The van der Waals surface area contributed by atoms with Gasteiger partial charge in [0, 0.05) is 10.4 Å². The monoisotopic (exact) mass is 292 g/mol.